The van der Waals surface area contributed by atoms with Gasteiger partial charge in [-0.25, -0.2) is 4.79 Å². The van der Waals surface area contributed by atoms with Gasteiger partial charge in [-0.3, -0.25) is 4.79 Å². The maximum Gasteiger partial charge on any atom is 0.315 e. The van der Waals surface area contributed by atoms with Crippen molar-refractivity contribution in [1.82, 2.24) is 10.6 Å². The zero-order valence-electron chi connectivity index (χ0n) is 11.0. The summed E-state index contributed by atoms with van der Waals surface area (Å²) >= 11 is 3.95. The monoisotopic (exact) mass is 260 g/mol. The number of urea groups is 1. The van der Waals surface area contributed by atoms with Crippen LogP contribution in [0.2, 0.25) is 0 Å². The zero-order valence-corrected chi connectivity index (χ0v) is 11.8. The Labute approximate surface area is 109 Å². The van der Waals surface area contributed by atoms with Crippen LogP contribution in [0.15, 0.2) is 0 Å². The van der Waals surface area contributed by atoms with Gasteiger partial charge in [-0.2, -0.15) is 12.6 Å². The summed E-state index contributed by atoms with van der Waals surface area (Å²) in [4.78, 5) is 23.1. The van der Waals surface area contributed by atoms with Crippen molar-refractivity contribution < 1.29 is 9.59 Å². The molecule has 0 heterocycles. The van der Waals surface area contributed by atoms with E-state index in [4.69, 9.17) is 0 Å². The molecule has 0 aliphatic carbocycles. The van der Waals surface area contributed by atoms with Gasteiger partial charge in [0.1, 0.15) is 0 Å². The Balaban J connectivity index is 4.00. The highest BCUT2D eigenvalue weighted by atomic mass is 32.1. The number of thiol groups is 1. The molecule has 0 aromatic carbocycles. The highest BCUT2D eigenvalue weighted by Gasteiger charge is 2.22. The van der Waals surface area contributed by atoms with Crippen molar-refractivity contribution >= 4 is 24.4 Å². The normalized spacial score (nSPS) is 12.3. The lowest BCUT2D eigenvalue weighted by atomic mass is 10.0. The van der Waals surface area contributed by atoms with E-state index in [-0.39, 0.29) is 23.5 Å². The summed E-state index contributed by atoms with van der Waals surface area (Å²) in [7, 11) is 0. The van der Waals surface area contributed by atoms with Gasteiger partial charge in [0.2, 0.25) is 0 Å². The Kier molecular flexibility index (Phi) is 8.94. The van der Waals surface area contributed by atoms with Crippen molar-refractivity contribution in [2.75, 3.05) is 12.3 Å². The van der Waals surface area contributed by atoms with Crippen molar-refractivity contribution in [2.45, 2.75) is 46.1 Å². The van der Waals surface area contributed by atoms with E-state index in [2.05, 4.69) is 30.2 Å². The van der Waals surface area contributed by atoms with Gasteiger partial charge in [0.05, 0.1) is 11.8 Å². The molecular formula is C12H24N2O2S. The van der Waals surface area contributed by atoms with E-state index in [9.17, 15) is 9.59 Å². The van der Waals surface area contributed by atoms with Crippen LogP contribution < -0.4 is 10.6 Å². The quantitative estimate of drug-likeness (QED) is 0.462. The highest BCUT2D eigenvalue weighted by molar-refractivity contribution is 7.81. The molecule has 0 saturated heterocycles. The Morgan fingerprint density at radius 1 is 1.24 bits per heavy atom. The molecule has 0 spiro atoms. The average Bonchev–Trinajstić information content (AvgIpc) is 2.30. The molecule has 0 fully saturated rings. The fourth-order valence-corrected chi connectivity index (χ4v) is 1.68. The van der Waals surface area contributed by atoms with Crippen molar-refractivity contribution in [1.29, 1.82) is 0 Å². The summed E-state index contributed by atoms with van der Waals surface area (Å²) in [6.07, 6.45) is 3.19. The third-order valence-corrected chi connectivity index (χ3v) is 2.83. The van der Waals surface area contributed by atoms with E-state index >= 15 is 0 Å². The minimum atomic E-state index is -0.446. The maximum absolute atomic E-state index is 11.5. The van der Waals surface area contributed by atoms with Gasteiger partial charge >= 0.3 is 6.03 Å². The van der Waals surface area contributed by atoms with E-state index in [1.807, 2.05) is 13.8 Å². The predicted molar refractivity (Wildman–Crippen MR) is 73.5 cm³/mol. The Morgan fingerprint density at radius 3 is 2.35 bits per heavy atom. The summed E-state index contributed by atoms with van der Waals surface area (Å²) in [6, 6.07) is -0.714. The van der Waals surface area contributed by atoms with E-state index < -0.39 is 6.04 Å². The fourth-order valence-electron chi connectivity index (χ4n) is 1.49. The smallest absolute Gasteiger partial charge is 0.315 e. The molecule has 0 aliphatic heterocycles. The lowest BCUT2D eigenvalue weighted by Gasteiger charge is -2.20. The molecule has 0 aliphatic rings. The molecule has 2 amide bonds. The molecule has 17 heavy (non-hydrogen) atoms. The van der Waals surface area contributed by atoms with E-state index in [0.29, 0.717) is 6.54 Å². The van der Waals surface area contributed by atoms with E-state index in [1.165, 1.54) is 0 Å². The topological polar surface area (TPSA) is 58.2 Å². The van der Waals surface area contributed by atoms with Gasteiger partial charge in [-0.05, 0) is 12.3 Å². The largest absolute Gasteiger partial charge is 0.338 e. The number of rotatable bonds is 8. The van der Waals surface area contributed by atoms with E-state index in [0.717, 1.165) is 19.3 Å². The van der Waals surface area contributed by atoms with Gasteiger partial charge in [0.25, 0.3) is 0 Å². The number of carbonyl (C=O) groups excluding carboxylic acids is 2. The number of carbonyl (C=O) groups is 2. The molecule has 2 N–H and O–H groups in total. The van der Waals surface area contributed by atoms with Gasteiger partial charge in [-0.1, -0.05) is 33.6 Å². The first-order valence-electron chi connectivity index (χ1n) is 6.20. The molecule has 5 heteroatoms. The van der Waals surface area contributed by atoms with Crippen LogP contribution in [0.3, 0.4) is 0 Å². The van der Waals surface area contributed by atoms with Crippen LogP contribution >= 0.6 is 12.6 Å². The lowest BCUT2D eigenvalue weighted by molar-refractivity contribution is -0.119. The second-order valence-electron chi connectivity index (χ2n) is 4.45. The molecule has 0 aromatic heterocycles. The Morgan fingerprint density at radius 2 is 1.88 bits per heavy atom. The first-order valence-corrected chi connectivity index (χ1v) is 6.84. The Hall–Kier alpha value is -0.710. The van der Waals surface area contributed by atoms with Crippen LogP contribution in [0.5, 0.6) is 0 Å². The van der Waals surface area contributed by atoms with Crippen molar-refractivity contribution in [3.05, 3.63) is 0 Å². The second kappa shape index (κ2) is 9.33. The first-order chi connectivity index (χ1) is 8.02. The number of ketones is 1. The van der Waals surface area contributed by atoms with E-state index in [1.54, 1.807) is 0 Å². The van der Waals surface area contributed by atoms with Crippen molar-refractivity contribution in [2.24, 2.45) is 5.92 Å². The van der Waals surface area contributed by atoms with Crippen LogP contribution in [-0.2, 0) is 4.79 Å². The van der Waals surface area contributed by atoms with Crippen molar-refractivity contribution in [3.8, 4) is 0 Å². The molecule has 0 bridgehead atoms. The van der Waals surface area contributed by atoms with Crippen LogP contribution in [0.25, 0.3) is 0 Å². The zero-order chi connectivity index (χ0) is 13.3. The molecule has 100 valence electrons. The molecule has 4 nitrogen and oxygen atoms in total. The first kappa shape index (κ1) is 16.3. The molecule has 0 saturated carbocycles. The number of Topliss-reactive ketones (excluding diaryl/α,β-unsaturated/α-hetero) is 1. The lowest BCUT2D eigenvalue weighted by Crippen LogP contribution is -2.49. The van der Waals surface area contributed by atoms with Crippen LogP contribution in [-0.4, -0.2) is 30.2 Å². The van der Waals surface area contributed by atoms with Gasteiger partial charge in [-0.15, -0.1) is 0 Å². The fraction of sp³-hybridized carbons (Fsp3) is 0.833. The SMILES string of the molecule is CCCCCNC(=O)N[C@H](C(=O)CS)C(C)C. The number of amides is 2. The number of hydrogen-bond acceptors (Lipinski definition) is 3. The van der Waals surface area contributed by atoms with Gasteiger partial charge in [0, 0.05) is 6.54 Å². The number of hydrogen-bond donors (Lipinski definition) is 3. The Bertz CT molecular complexity index is 245. The second-order valence-corrected chi connectivity index (χ2v) is 4.77. The molecule has 1 atom stereocenters. The molecule has 0 aromatic rings. The minimum absolute atomic E-state index is 0.0490. The summed E-state index contributed by atoms with van der Waals surface area (Å²) in [5, 5.41) is 5.45. The molecule has 0 unspecified atom stereocenters. The molecular weight excluding hydrogens is 236 g/mol. The van der Waals surface area contributed by atoms with Gasteiger partial charge in [0.15, 0.2) is 5.78 Å². The van der Waals surface area contributed by atoms with Crippen LogP contribution in [0, 0.1) is 5.92 Å². The summed E-state index contributed by atoms with van der Waals surface area (Å²) < 4.78 is 0. The number of nitrogens with one attached hydrogen (secondary N) is 2. The predicted octanol–water partition coefficient (Wildman–Crippen LogP) is 2.00. The maximum atomic E-state index is 11.5. The third kappa shape index (κ3) is 7.26. The summed E-state index contributed by atoms with van der Waals surface area (Å²) in [5.74, 6) is 0.182. The summed E-state index contributed by atoms with van der Waals surface area (Å²) in [6.45, 7) is 6.58. The standard InChI is InChI=1S/C12H24N2O2S/c1-4-5-6-7-13-12(16)14-11(9(2)3)10(15)8-17/h9,11,17H,4-8H2,1-3H3,(H2,13,14,16)/t11-/m0/s1. The van der Waals surface area contributed by atoms with Crippen LogP contribution in [0.1, 0.15) is 40.0 Å². The minimum Gasteiger partial charge on any atom is -0.338 e. The number of unbranched alkanes of at least 4 members (excludes halogenated alkanes) is 2. The molecule has 0 rings (SSSR count). The highest BCUT2D eigenvalue weighted by Crippen LogP contribution is 2.03. The van der Waals surface area contributed by atoms with Crippen LogP contribution in [0.4, 0.5) is 4.79 Å². The third-order valence-electron chi connectivity index (χ3n) is 2.52. The molecule has 0 radical (unpaired) electrons. The van der Waals surface area contributed by atoms with Gasteiger partial charge < -0.3 is 10.6 Å². The average molecular weight is 260 g/mol. The summed E-state index contributed by atoms with van der Waals surface area (Å²) in [5.41, 5.74) is 0. The van der Waals surface area contributed by atoms with Crippen molar-refractivity contribution in [3.63, 3.8) is 0 Å².